The summed E-state index contributed by atoms with van der Waals surface area (Å²) in [6.07, 6.45) is -3.90. The van der Waals surface area contributed by atoms with Gasteiger partial charge in [-0.05, 0) is 41.2 Å². The van der Waals surface area contributed by atoms with Gasteiger partial charge in [0.1, 0.15) is 18.3 Å². The molecule has 0 bridgehead atoms. The van der Waals surface area contributed by atoms with Crippen molar-refractivity contribution in [3.63, 3.8) is 0 Å². The first-order valence-electron chi connectivity index (χ1n) is 9.58. The number of aryl methyl sites for hydroxylation is 1. The minimum atomic E-state index is -1.79. The summed E-state index contributed by atoms with van der Waals surface area (Å²) in [6.45, 7) is 3.58. The average Bonchev–Trinajstić information content (AvgIpc) is 3.11. The second kappa shape index (κ2) is 9.13. The molecule has 0 fully saturated rings. The molecule has 0 amide bonds. The first-order valence-corrected chi connectivity index (χ1v) is 9.58. The fourth-order valence-corrected chi connectivity index (χ4v) is 3.47. The molecule has 1 heterocycles. The van der Waals surface area contributed by atoms with E-state index in [1.165, 1.54) is 12.5 Å². The molecule has 0 radical (unpaired) electrons. The fourth-order valence-electron chi connectivity index (χ4n) is 3.47. The number of aliphatic hydroxyl groups excluding tert-OH is 3. The van der Waals surface area contributed by atoms with Crippen LogP contribution in [0.3, 0.4) is 0 Å². The summed E-state index contributed by atoms with van der Waals surface area (Å²) in [5.41, 5.74) is 4.89. The maximum atomic E-state index is 9.76. The van der Waals surface area contributed by atoms with Crippen molar-refractivity contribution in [3.05, 3.63) is 70.3 Å². The van der Waals surface area contributed by atoms with Crippen molar-refractivity contribution < 1.29 is 29.9 Å². The van der Waals surface area contributed by atoms with Gasteiger partial charge in [0.15, 0.2) is 6.29 Å². The average molecular weight is 388 g/mol. The number of aliphatic hydroxyl groups is 4. The molecule has 28 heavy (non-hydrogen) atoms. The van der Waals surface area contributed by atoms with Crippen molar-refractivity contribution in [2.45, 2.75) is 57.6 Å². The van der Waals surface area contributed by atoms with E-state index in [0.717, 1.165) is 23.1 Å². The van der Waals surface area contributed by atoms with E-state index in [2.05, 4.69) is 31.2 Å². The van der Waals surface area contributed by atoms with Crippen LogP contribution in [0.15, 0.2) is 42.5 Å². The van der Waals surface area contributed by atoms with Gasteiger partial charge in [0.25, 0.3) is 0 Å². The molecule has 0 saturated carbocycles. The van der Waals surface area contributed by atoms with Gasteiger partial charge in [0.2, 0.25) is 0 Å². The Bertz CT molecular complexity index is 771. The van der Waals surface area contributed by atoms with Crippen molar-refractivity contribution in [1.82, 2.24) is 0 Å². The predicted octanol–water partition coefficient (Wildman–Crippen LogP) is 1.98. The summed E-state index contributed by atoms with van der Waals surface area (Å²) in [7, 11) is 0. The van der Waals surface area contributed by atoms with E-state index in [4.69, 9.17) is 9.47 Å². The van der Waals surface area contributed by atoms with Gasteiger partial charge in [-0.15, -0.1) is 0 Å². The number of fused-ring (bicyclic) bond motifs is 1. The monoisotopic (exact) mass is 388 g/mol. The zero-order valence-electron chi connectivity index (χ0n) is 16.2. The number of hydrogen-bond donors (Lipinski definition) is 4. The van der Waals surface area contributed by atoms with E-state index in [1.54, 1.807) is 6.07 Å². The van der Waals surface area contributed by atoms with Crippen molar-refractivity contribution >= 4 is 0 Å². The lowest BCUT2D eigenvalue weighted by molar-refractivity contribution is -0.188. The van der Waals surface area contributed by atoms with Gasteiger partial charge in [0.05, 0.1) is 19.3 Å². The number of hydrogen-bond acceptors (Lipinski definition) is 6. The highest BCUT2D eigenvalue weighted by atomic mass is 16.6. The lowest BCUT2D eigenvalue weighted by atomic mass is 9.95. The predicted molar refractivity (Wildman–Crippen MR) is 104 cm³/mol. The van der Waals surface area contributed by atoms with Crippen molar-refractivity contribution in [3.8, 4) is 0 Å². The molecule has 4 unspecified atom stereocenters. The highest BCUT2D eigenvalue weighted by Gasteiger charge is 2.30. The highest BCUT2D eigenvalue weighted by Crippen LogP contribution is 2.38. The van der Waals surface area contributed by atoms with E-state index >= 15 is 0 Å². The standard InChI is InChI=1S/C22H28O6/c1-3-14-4-6-15(7-5-14)20-18-9-8-16(10-17(18)12-27-20)21(22(25)26)28-19(11-23)13(2)24/h4-10,13,19-26H,3,11-12H2,1-2H3. The third-order valence-corrected chi connectivity index (χ3v) is 5.18. The normalized spacial score (nSPS) is 19.5. The van der Waals surface area contributed by atoms with Crippen LogP contribution in [0.5, 0.6) is 0 Å². The summed E-state index contributed by atoms with van der Waals surface area (Å²) in [6, 6.07) is 13.8. The van der Waals surface area contributed by atoms with Crippen molar-refractivity contribution in [2.75, 3.05) is 6.61 Å². The third-order valence-electron chi connectivity index (χ3n) is 5.18. The summed E-state index contributed by atoms with van der Waals surface area (Å²) < 4.78 is 11.5. The first-order chi connectivity index (χ1) is 13.4. The Balaban J connectivity index is 1.84. The van der Waals surface area contributed by atoms with Crippen LogP contribution in [0.25, 0.3) is 0 Å². The van der Waals surface area contributed by atoms with Gasteiger partial charge in [-0.2, -0.15) is 0 Å². The van der Waals surface area contributed by atoms with Crippen LogP contribution in [-0.4, -0.2) is 45.5 Å². The van der Waals surface area contributed by atoms with Crippen LogP contribution in [-0.2, 0) is 22.5 Å². The van der Waals surface area contributed by atoms with E-state index in [1.807, 2.05) is 12.1 Å². The summed E-state index contributed by atoms with van der Waals surface area (Å²) in [4.78, 5) is 0. The SMILES string of the molecule is CCc1ccc(C2OCc3cc(C(OC(CO)C(C)O)C(O)O)ccc32)cc1. The van der Waals surface area contributed by atoms with E-state index < -0.39 is 31.2 Å². The van der Waals surface area contributed by atoms with E-state index in [9.17, 15) is 20.4 Å². The zero-order chi connectivity index (χ0) is 20.3. The molecule has 6 heteroatoms. The highest BCUT2D eigenvalue weighted by molar-refractivity contribution is 5.42. The largest absolute Gasteiger partial charge is 0.394 e. The molecule has 3 rings (SSSR count). The number of benzene rings is 2. The maximum Gasteiger partial charge on any atom is 0.182 e. The number of rotatable bonds is 8. The van der Waals surface area contributed by atoms with Crippen LogP contribution >= 0.6 is 0 Å². The molecule has 152 valence electrons. The zero-order valence-corrected chi connectivity index (χ0v) is 16.2. The van der Waals surface area contributed by atoms with Crippen LogP contribution in [0.4, 0.5) is 0 Å². The van der Waals surface area contributed by atoms with Gasteiger partial charge < -0.3 is 29.9 Å². The molecule has 1 aliphatic heterocycles. The Morgan fingerprint density at radius 2 is 1.82 bits per heavy atom. The minimum absolute atomic E-state index is 0.156. The lowest BCUT2D eigenvalue weighted by Gasteiger charge is -2.27. The van der Waals surface area contributed by atoms with Gasteiger partial charge in [-0.25, -0.2) is 0 Å². The molecule has 4 atom stereocenters. The first kappa shape index (κ1) is 20.9. The fraction of sp³-hybridized carbons (Fsp3) is 0.455. The molecule has 0 spiro atoms. The van der Waals surface area contributed by atoms with Crippen LogP contribution in [0.2, 0.25) is 0 Å². The minimum Gasteiger partial charge on any atom is -0.394 e. The quantitative estimate of drug-likeness (QED) is 0.516. The van der Waals surface area contributed by atoms with Crippen molar-refractivity contribution in [2.24, 2.45) is 0 Å². The van der Waals surface area contributed by atoms with Gasteiger partial charge in [0, 0.05) is 0 Å². The molecule has 4 N–H and O–H groups in total. The summed E-state index contributed by atoms with van der Waals surface area (Å²) >= 11 is 0. The smallest absolute Gasteiger partial charge is 0.182 e. The molecule has 2 aromatic rings. The summed E-state index contributed by atoms with van der Waals surface area (Å²) in [5, 5.41) is 38.5. The van der Waals surface area contributed by atoms with Gasteiger partial charge in [-0.1, -0.05) is 49.4 Å². The van der Waals surface area contributed by atoms with Crippen LogP contribution in [0, 0.1) is 0 Å². The molecule has 2 aromatic carbocycles. The second-order valence-electron chi connectivity index (χ2n) is 7.18. The third kappa shape index (κ3) is 4.43. The Labute approximate surface area is 165 Å². The molecular weight excluding hydrogens is 360 g/mol. The van der Waals surface area contributed by atoms with E-state index in [-0.39, 0.29) is 6.10 Å². The molecule has 6 nitrogen and oxygen atoms in total. The molecule has 0 aliphatic carbocycles. The topological polar surface area (TPSA) is 99.4 Å². The van der Waals surface area contributed by atoms with Gasteiger partial charge >= 0.3 is 0 Å². The van der Waals surface area contributed by atoms with E-state index in [0.29, 0.717) is 12.2 Å². The molecule has 0 aromatic heterocycles. The Kier molecular flexibility index (Phi) is 6.82. The van der Waals surface area contributed by atoms with Crippen molar-refractivity contribution in [1.29, 1.82) is 0 Å². The summed E-state index contributed by atoms with van der Waals surface area (Å²) in [5.74, 6) is 0. The Hall–Kier alpha value is -1.80. The maximum absolute atomic E-state index is 9.76. The molecular formula is C22H28O6. The Morgan fingerprint density at radius 3 is 2.39 bits per heavy atom. The Morgan fingerprint density at radius 1 is 1.11 bits per heavy atom. The van der Waals surface area contributed by atoms with Crippen LogP contribution < -0.4 is 0 Å². The lowest BCUT2D eigenvalue weighted by Crippen LogP contribution is -2.35. The molecule has 1 aliphatic rings. The van der Waals surface area contributed by atoms with Gasteiger partial charge in [-0.3, -0.25) is 0 Å². The molecule has 0 saturated heterocycles. The number of ether oxygens (including phenoxy) is 2. The second-order valence-corrected chi connectivity index (χ2v) is 7.18. The van der Waals surface area contributed by atoms with Crippen LogP contribution in [0.1, 0.15) is 53.9 Å².